The van der Waals surface area contributed by atoms with Crippen molar-refractivity contribution in [1.29, 1.82) is 0 Å². The molecule has 0 spiro atoms. The summed E-state index contributed by atoms with van der Waals surface area (Å²) in [6.45, 7) is 3.70. The molecule has 3 aromatic rings. The largest absolute Gasteiger partial charge is 0.497 e. The molecule has 1 aliphatic rings. The van der Waals surface area contributed by atoms with Crippen LogP contribution in [0.25, 0.3) is 0 Å². The van der Waals surface area contributed by atoms with Crippen LogP contribution in [-0.4, -0.2) is 44.1 Å². The van der Waals surface area contributed by atoms with Crippen LogP contribution in [-0.2, 0) is 6.54 Å². The van der Waals surface area contributed by atoms with Crippen molar-refractivity contribution in [3.63, 3.8) is 0 Å². The first-order valence-electron chi connectivity index (χ1n) is 11.2. The third kappa shape index (κ3) is 5.14. The zero-order valence-electron chi connectivity index (χ0n) is 19.7. The van der Waals surface area contributed by atoms with Crippen LogP contribution in [0.2, 0.25) is 0 Å². The lowest BCUT2D eigenvalue weighted by Gasteiger charge is -2.36. The van der Waals surface area contributed by atoms with Gasteiger partial charge < -0.3 is 19.7 Å². The SMILES string of the molecule is COc1ccc(CN2CCCN(c3cc(NC(=O)c4cccc(C)c4)ccc3OC)C2=O)cc1. The molecule has 176 valence electrons. The van der Waals surface area contributed by atoms with Crippen molar-refractivity contribution < 1.29 is 19.1 Å². The molecule has 0 aromatic heterocycles. The Morgan fingerprint density at radius 3 is 2.47 bits per heavy atom. The number of hydrogen-bond acceptors (Lipinski definition) is 4. The highest BCUT2D eigenvalue weighted by Crippen LogP contribution is 2.34. The third-order valence-electron chi connectivity index (χ3n) is 5.85. The highest BCUT2D eigenvalue weighted by molar-refractivity contribution is 6.05. The first kappa shape index (κ1) is 23.2. The summed E-state index contributed by atoms with van der Waals surface area (Å²) in [5.74, 6) is 1.16. The Bertz CT molecular complexity index is 1180. The first-order valence-corrected chi connectivity index (χ1v) is 11.2. The van der Waals surface area contributed by atoms with Gasteiger partial charge in [0, 0.05) is 30.9 Å². The Kier molecular flexibility index (Phi) is 7.01. The van der Waals surface area contributed by atoms with Crippen LogP contribution in [0.3, 0.4) is 0 Å². The summed E-state index contributed by atoms with van der Waals surface area (Å²) in [5, 5.41) is 2.93. The average Bonchev–Trinajstić information content (AvgIpc) is 2.86. The molecule has 0 bridgehead atoms. The van der Waals surface area contributed by atoms with Crippen molar-refractivity contribution in [2.45, 2.75) is 19.9 Å². The van der Waals surface area contributed by atoms with Crippen molar-refractivity contribution in [2.75, 3.05) is 37.5 Å². The lowest BCUT2D eigenvalue weighted by molar-refractivity contribution is 0.102. The van der Waals surface area contributed by atoms with Gasteiger partial charge in [-0.15, -0.1) is 0 Å². The van der Waals surface area contributed by atoms with Crippen LogP contribution in [0.4, 0.5) is 16.2 Å². The van der Waals surface area contributed by atoms with Crippen LogP contribution in [0.5, 0.6) is 11.5 Å². The van der Waals surface area contributed by atoms with E-state index in [4.69, 9.17) is 9.47 Å². The fourth-order valence-electron chi connectivity index (χ4n) is 4.07. The second kappa shape index (κ2) is 10.3. The van der Waals surface area contributed by atoms with Crippen LogP contribution in [0.15, 0.2) is 66.7 Å². The number of amides is 3. The monoisotopic (exact) mass is 459 g/mol. The van der Waals surface area contributed by atoms with E-state index in [0.29, 0.717) is 42.3 Å². The molecular formula is C27H29N3O4. The van der Waals surface area contributed by atoms with Crippen molar-refractivity contribution in [1.82, 2.24) is 4.90 Å². The van der Waals surface area contributed by atoms with Gasteiger partial charge in [-0.05, 0) is 61.4 Å². The Labute approximate surface area is 199 Å². The van der Waals surface area contributed by atoms with Gasteiger partial charge in [-0.25, -0.2) is 4.79 Å². The van der Waals surface area contributed by atoms with Gasteiger partial charge >= 0.3 is 6.03 Å². The van der Waals surface area contributed by atoms with Gasteiger partial charge in [-0.3, -0.25) is 9.69 Å². The zero-order chi connectivity index (χ0) is 24.1. The van der Waals surface area contributed by atoms with Crippen molar-refractivity contribution in [3.05, 3.63) is 83.4 Å². The molecule has 7 nitrogen and oxygen atoms in total. The Morgan fingerprint density at radius 2 is 1.76 bits per heavy atom. The van der Waals surface area contributed by atoms with Crippen molar-refractivity contribution in [3.8, 4) is 11.5 Å². The number of carbonyl (C=O) groups excluding carboxylic acids is 2. The van der Waals surface area contributed by atoms with Gasteiger partial charge in [-0.1, -0.05) is 29.8 Å². The summed E-state index contributed by atoms with van der Waals surface area (Å²) < 4.78 is 10.8. The predicted octanol–water partition coefficient (Wildman–Crippen LogP) is 5.10. The topological polar surface area (TPSA) is 71.1 Å². The number of carbonyl (C=O) groups is 2. The van der Waals surface area contributed by atoms with Gasteiger partial charge in [0.15, 0.2) is 0 Å². The summed E-state index contributed by atoms with van der Waals surface area (Å²) >= 11 is 0. The molecule has 4 rings (SSSR count). The van der Waals surface area contributed by atoms with Gasteiger partial charge in [0.05, 0.1) is 19.9 Å². The molecule has 0 radical (unpaired) electrons. The average molecular weight is 460 g/mol. The van der Waals surface area contributed by atoms with Crippen molar-refractivity contribution >= 4 is 23.3 Å². The minimum Gasteiger partial charge on any atom is -0.497 e. The molecule has 1 N–H and O–H groups in total. The summed E-state index contributed by atoms with van der Waals surface area (Å²) in [6.07, 6.45) is 0.824. The van der Waals surface area contributed by atoms with Crippen LogP contribution >= 0.6 is 0 Å². The normalized spacial score (nSPS) is 13.6. The van der Waals surface area contributed by atoms with Gasteiger partial charge in [0.25, 0.3) is 5.91 Å². The van der Waals surface area contributed by atoms with E-state index in [9.17, 15) is 9.59 Å². The number of urea groups is 1. The van der Waals surface area contributed by atoms with E-state index in [2.05, 4.69) is 5.32 Å². The number of ether oxygens (including phenoxy) is 2. The molecule has 3 aromatic carbocycles. The van der Waals surface area contributed by atoms with E-state index < -0.39 is 0 Å². The summed E-state index contributed by atoms with van der Waals surface area (Å²) in [7, 11) is 3.21. The molecule has 1 saturated heterocycles. The molecule has 0 aliphatic carbocycles. The van der Waals surface area contributed by atoms with E-state index in [1.54, 1.807) is 43.4 Å². The van der Waals surface area contributed by atoms with E-state index in [1.807, 2.05) is 54.3 Å². The molecule has 7 heteroatoms. The summed E-state index contributed by atoms with van der Waals surface area (Å²) in [4.78, 5) is 29.7. The van der Waals surface area contributed by atoms with Crippen LogP contribution in [0.1, 0.15) is 27.9 Å². The molecule has 0 unspecified atom stereocenters. The minimum absolute atomic E-state index is 0.0949. The molecule has 0 atom stereocenters. The number of aryl methyl sites for hydroxylation is 1. The van der Waals surface area contributed by atoms with Crippen LogP contribution in [0, 0.1) is 6.92 Å². The van der Waals surface area contributed by atoms with Gasteiger partial charge in [0.2, 0.25) is 0 Å². The maximum Gasteiger partial charge on any atom is 0.324 e. The maximum absolute atomic E-state index is 13.4. The number of nitrogens with zero attached hydrogens (tertiary/aromatic N) is 2. The second-order valence-corrected chi connectivity index (χ2v) is 8.27. The number of hydrogen-bond donors (Lipinski definition) is 1. The molecule has 1 heterocycles. The third-order valence-corrected chi connectivity index (χ3v) is 5.85. The highest BCUT2D eigenvalue weighted by atomic mass is 16.5. The van der Waals surface area contributed by atoms with E-state index >= 15 is 0 Å². The van der Waals surface area contributed by atoms with Gasteiger partial charge in [0.1, 0.15) is 11.5 Å². The first-order chi connectivity index (χ1) is 16.5. The molecular weight excluding hydrogens is 430 g/mol. The number of nitrogens with one attached hydrogen (secondary N) is 1. The summed E-state index contributed by atoms with van der Waals surface area (Å²) in [5.41, 5.74) is 3.86. The predicted molar refractivity (Wildman–Crippen MR) is 133 cm³/mol. The van der Waals surface area contributed by atoms with E-state index in [-0.39, 0.29) is 11.9 Å². The minimum atomic E-state index is -0.203. The fourth-order valence-corrected chi connectivity index (χ4v) is 4.07. The van der Waals surface area contributed by atoms with E-state index in [0.717, 1.165) is 23.3 Å². The number of rotatable bonds is 7. The number of methoxy groups -OCH3 is 2. The van der Waals surface area contributed by atoms with Gasteiger partial charge in [-0.2, -0.15) is 0 Å². The van der Waals surface area contributed by atoms with Crippen LogP contribution < -0.4 is 19.7 Å². The molecule has 0 saturated carbocycles. The second-order valence-electron chi connectivity index (χ2n) is 8.27. The maximum atomic E-state index is 13.4. The molecule has 3 amide bonds. The molecule has 1 fully saturated rings. The standard InChI is InChI=1S/C27H29N3O4/c1-19-6-4-7-21(16-19)26(31)28-22-10-13-25(34-3)24(17-22)30-15-5-14-29(27(30)32)18-20-8-11-23(33-2)12-9-20/h4,6-13,16-17H,5,14-15,18H2,1-3H3,(H,28,31). The zero-order valence-corrected chi connectivity index (χ0v) is 19.7. The highest BCUT2D eigenvalue weighted by Gasteiger charge is 2.29. The quantitative estimate of drug-likeness (QED) is 0.534. The number of anilines is 2. The Morgan fingerprint density at radius 1 is 0.971 bits per heavy atom. The van der Waals surface area contributed by atoms with Crippen molar-refractivity contribution in [2.24, 2.45) is 0 Å². The summed E-state index contributed by atoms with van der Waals surface area (Å²) in [6, 6.07) is 20.4. The fraction of sp³-hybridized carbons (Fsp3) is 0.259. The molecule has 1 aliphatic heterocycles. The lowest BCUT2D eigenvalue weighted by atomic mass is 10.1. The lowest BCUT2D eigenvalue weighted by Crippen LogP contribution is -2.49. The Balaban J connectivity index is 1.54. The van der Waals surface area contributed by atoms with E-state index in [1.165, 1.54) is 0 Å². The molecule has 34 heavy (non-hydrogen) atoms. The Hall–Kier alpha value is -4.00. The number of benzene rings is 3. The smallest absolute Gasteiger partial charge is 0.324 e.